The molecule has 0 aliphatic heterocycles. The van der Waals surface area contributed by atoms with Gasteiger partial charge in [0.1, 0.15) is 0 Å². The van der Waals surface area contributed by atoms with Gasteiger partial charge in [0.05, 0.1) is 14.2 Å². The first-order valence-electron chi connectivity index (χ1n) is 6.17. The van der Waals surface area contributed by atoms with E-state index in [2.05, 4.69) is 11.4 Å². The molecule has 0 unspecified atom stereocenters. The molecule has 0 saturated heterocycles. The Hall–Kier alpha value is -0.970. The van der Waals surface area contributed by atoms with Gasteiger partial charge < -0.3 is 20.5 Å². The second-order valence-electron chi connectivity index (χ2n) is 5.10. The van der Waals surface area contributed by atoms with Crippen molar-refractivity contribution in [1.29, 1.82) is 0 Å². The van der Waals surface area contributed by atoms with E-state index >= 15 is 0 Å². The Morgan fingerprint density at radius 2 is 1.79 bits per heavy atom. The van der Waals surface area contributed by atoms with E-state index < -0.39 is 0 Å². The molecule has 0 bridgehead atoms. The molecule has 0 amide bonds. The van der Waals surface area contributed by atoms with Crippen LogP contribution in [-0.2, 0) is 6.42 Å². The molecule has 1 aromatic carbocycles. The van der Waals surface area contributed by atoms with Crippen molar-refractivity contribution in [3.05, 3.63) is 23.8 Å². The zero-order valence-corrected chi connectivity index (χ0v) is 13.0. The summed E-state index contributed by atoms with van der Waals surface area (Å²) >= 11 is 0. The monoisotopic (exact) mass is 288 g/mol. The summed E-state index contributed by atoms with van der Waals surface area (Å²) in [5.74, 6) is 1.53. The van der Waals surface area contributed by atoms with Crippen molar-refractivity contribution >= 4 is 12.4 Å². The molecule has 0 atom stereocenters. The molecule has 0 saturated carbocycles. The Morgan fingerprint density at radius 3 is 2.32 bits per heavy atom. The summed E-state index contributed by atoms with van der Waals surface area (Å²) < 4.78 is 10.5. The largest absolute Gasteiger partial charge is 0.493 e. The van der Waals surface area contributed by atoms with Crippen molar-refractivity contribution in [1.82, 2.24) is 5.32 Å². The maximum absolute atomic E-state index is 5.90. The molecule has 0 spiro atoms. The second-order valence-corrected chi connectivity index (χ2v) is 5.10. The van der Waals surface area contributed by atoms with Gasteiger partial charge in [0.25, 0.3) is 0 Å². The van der Waals surface area contributed by atoms with Gasteiger partial charge in [-0.05, 0) is 44.5 Å². The lowest BCUT2D eigenvalue weighted by molar-refractivity contribution is 0.354. The van der Waals surface area contributed by atoms with Gasteiger partial charge in [-0.25, -0.2) is 0 Å². The van der Waals surface area contributed by atoms with Gasteiger partial charge in [-0.3, -0.25) is 0 Å². The van der Waals surface area contributed by atoms with Crippen LogP contribution in [0.15, 0.2) is 18.2 Å². The van der Waals surface area contributed by atoms with Gasteiger partial charge in [0.2, 0.25) is 0 Å². The molecule has 0 aromatic heterocycles. The van der Waals surface area contributed by atoms with E-state index in [4.69, 9.17) is 15.2 Å². The summed E-state index contributed by atoms with van der Waals surface area (Å²) in [7, 11) is 3.29. The lowest BCUT2D eigenvalue weighted by Gasteiger charge is -2.19. The summed E-state index contributed by atoms with van der Waals surface area (Å²) in [4.78, 5) is 0. The number of nitrogens with one attached hydrogen (secondary N) is 1. The third-order valence-electron chi connectivity index (χ3n) is 2.62. The number of halogens is 1. The van der Waals surface area contributed by atoms with E-state index in [1.165, 1.54) is 5.56 Å². The second kappa shape index (κ2) is 8.25. The highest BCUT2D eigenvalue weighted by atomic mass is 35.5. The Balaban J connectivity index is 0.00000324. The minimum absolute atomic E-state index is 0. The van der Waals surface area contributed by atoms with Crippen LogP contribution in [0.25, 0.3) is 0 Å². The zero-order valence-electron chi connectivity index (χ0n) is 12.2. The van der Waals surface area contributed by atoms with Crippen LogP contribution in [0.1, 0.15) is 19.4 Å². The molecule has 5 heteroatoms. The predicted octanol–water partition coefficient (Wildman–Crippen LogP) is 2.00. The molecule has 0 heterocycles. The molecule has 1 aromatic rings. The maximum atomic E-state index is 5.90. The topological polar surface area (TPSA) is 56.5 Å². The third-order valence-corrected chi connectivity index (χ3v) is 2.62. The normalized spacial score (nSPS) is 10.8. The van der Waals surface area contributed by atoms with E-state index in [1.54, 1.807) is 14.2 Å². The Bertz CT molecular complexity index is 378. The van der Waals surface area contributed by atoms with Crippen LogP contribution in [0.5, 0.6) is 11.5 Å². The summed E-state index contributed by atoms with van der Waals surface area (Å²) in [6.07, 6.45) is 0.941. The molecule has 4 nitrogen and oxygen atoms in total. The minimum atomic E-state index is -0.169. The molecular formula is C14H25ClN2O2. The molecule has 19 heavy (non-hydrogen) atoms. The van der Waals surface area contributed by atoms with Gasteiger partial charge in [-0.1, -0.05) is 6.07 Å². The highest BCUT2D eigenvalue weighted by molar-refractivity contribution is 5.85. The number of hydrogen-bond acceptors (Lipinski definition) is 4. The number of methoxy groups -OCH3 is 2. The number of benzene rings is 1. The molecule has 0 radical (unpaired) electrons. The Morgan fingerprint density at radius 1 is 1.16 bits per heavy atom. The van der Waals surface area contributed by atoms with Crippen molar-refractivity contribution in [3.8, 4) is 11.5 Å². The first-order chi connectivity index (χ1) is 8.46. The van der Waals surface area contributed by atoms with Gasteiger partial charge in [0.15, 0.2) is 11.5 Å². The standard InChI is InChI=1S/C14H24N2O2.ClH/c1-14(2,15)10-16-8-7-11-5-6-12(17-3)13(9-11)18-4;/h5-6,9,16H,7-8,10,15H2,1-4H3;1H. The van der Waals surface area contributed by atoms with Crippen LogP contribution in [0, 0.1) is 0 Å². The fraction of sp³-hybridized carbons (Fsp3) is 0.571. The van der Waals surface area contributed by atoms with Gasteiger partial charge >= 0.3 is 0 Å². The summed E-state index contributed by atoms with van der Waals surface area (Å²) in [6, 6.07) is 5.99. The van der Waals surface area contributed by atoms with Crippen molar-refractivity contribution in [2.75, 3.05) is 27.3 Å². The fourth-order valence-electron chi connectivity index (χ4n) is 1.68. The SMILES string of the molecule is COc1ccc(CCNCC(C)(C)N)cc1OC.Cl. The average molecular weight is 289 g/mol. The number of rotatable bonds is 7. The summed E-state index contributed by atoms with van der Waals surface area (Å²) in [6.45, 7) is 5.73. The van der Waals surface area contributed by atoms with Crippen LogP contribution in [0.2, 0.25) is 0 Å². The maximum Gasteiger partial charge on any atom is 0.160 e. The Labute approximate surface area is 122 Å². The first kappa shape index (κ1) is 18.0. The van der Waals surface area contributed by atoms with E-state index in [0.717, 1.165) is 31.0 Å². The number of hydrogen-bond donors (Lipinski definition) is 2. The van der Waals surface area contributed by atoms with Crippen LogP contribution in [0.4, 0.5) is 0 Å². The van der Waals surface area contributed by atoms with Crippen molar-refractivity contribution in [2.24, 2.45) is 5.73 Å². The molecule has 110 valence electrons. The molecular weight excluding hydrogens is 264 g/mol. The van der Waals surface area contributed by atoms with Crippen molar-refractivity contribution in [3.63, 3.8) is 0 Å². The quantitative estimate of drug-likeness (QED) is 0.754. The minimum Gasteiger partial charge on any atom is -0.493 e. The van der Waals surface area contributed by atoms with E-state index in [-0.39, 0.29) is 17.9 Å². The number of nitrogens with two attached hydrogens (primary N) is 1. The Kier molecular flexibility index (Phi) is 7.83. The first-order valence-corrected chi connectivity index (χ1v) is 6.17. The van der Waals surface area contributed by atoms with Crippen LogP contribution in [-0.4, -0.2) is 32.8 Å². The number of ether oxygens (including phenoxy) is 2. The highest BCUT2D eigenvalue weighted by Gasteiger charge is 2.09. The van der Waals surface area contributed by atoms with Crippen LogP contribution < -0.4 is 20.5 Å². The average Bonchev–Trinajstić information content (AvgIpc) is 2.33. The molecule has 3 N–H and O–H groups in total. The molecule has 1 rings (SSSR count). The highest BCUT2D eigenvalue weighted by Crippen LogP contribution is 2.27. The van der Waals surface area contributed by atoms with Crippen LogP contribution >= 0.6 is 12.4 Å². The molecule has 0 aliphatic rings. The van der Waals surface area contributed by atoms with Gasteiger partial charge in [-0.15, -0.1) is 12.4 Å². The lowest BCUT2D eigenvalue weighted by Crippen LogP contribution is -2.43. The third kappa shape index (κ3) is 6.66. The smallest absolute Gasteiger partial charge is 0.160 e. The lowest BCUT2D eigenvalue weighted by atomic mass is 10.1. The predicted molar refractivity (Wildman–Crippen MR) is 81.6 cm³/mol. The fourth-order valence-corrected chi connectivity index (χ4v) is 1.68. The zero-order chi connectivity index (χ0) is 13.6. The van der Waals surface area contributed by atoms with E-state index in [0.29, 0.717) is 0 Å². The summed E-state index contributed by atoms with van der Waals surface area (Å²) in [5, 5.41) is 3.34. The van der Waals surface area contributed by atoms with Crippen molar-refractivity contribution in [2.45, 2.75) is 25.8 Å². The summed E-state index contributed by atoms with van der Waals surface area (Å²) in [5.41, 5.74) is 6.95. The van der Waals surface area contributed by atoms with E-state index in [9.17, 15) is 0 Å². The molecule has 0 fully saturated rings. The van der Waals surface area contributed by atoms with Crippen LogP contribution in [0.3, 0.4) is 0 Å². The van der Waals surface area contributed by atoms with Gasteiger partial charge in [0, 0.05) is 12.1 Å². The van der Waals surface area contributed by atoms with E-state index in [1.807, 2.05) is 26.0 Å². The molecule has 0 aliphatic carbocycles. The van der Waals surface area contributed by atoms with Gasteiger partial charge in [-0.2, -0.15) is 0 Å². The van der Waals surface area contributed by atoms with Crippen molar-refractivity contribution < 1.29 is 9.47 Å².